The third kappa shape index (κ3) is 12.1. The summed E-state index contributed by atoms with van der Waals surface area (Å²) in [6.07, 6.45) is 1.81. The van der Waals surface area contributed by atoms with Gasteiger partial charge in [0, 0.05) is 6.42 Å². The predicted molar refractivity (Wildman–Crippen MR) is 56.8 cm³/mol. The van der Waals surface area contributed by atoms with Crippen LogP contribution in [0.1, 0.15) is 51.4 Å². The van der Waals surface area contributed by atoms with Crippen molar-refractivity contribution < 1.29 is 13.2 Å². The van der Waals surface area contributed by atoms with Crippen molar-refractivity contribution in [2.24, 2.45) is 0 Å². The van der Waals surface area contributed by atoms with E-state index in [1.807, 2.05) is 0 Å². The van der Waals surface area contributed by atoms with Crippen LogP contribution in [-0.2, 0) is 0 Å². The van der Waals surface area contributed by atoms with Gasteiger partial charge in [0.2, 0.25) is 0 Å². The Kier molecular flexibility index (Phi) is 8.53. The molecule has 0 unspecified atom stereocenters. The van der Waals surface area contributed by atoms with Crippen LogP contribution in [0, 0.1) is 0 Å². The minimum Gasteiger partial charge on any atom is -0.179 e. The van der Waals surface area contributed by atoms with Crippen molar-refractivity contribution in [1.29, 1.82) is 0 Å². The number of hydrogen-bond acceptors (Lipinski definition) is 1. The topological polar surface area (TPSA) is 0 Å². The fraction of sp³-hybridized carbons (Fsp3) is 1.00. The standard InChI is InChI=1S/C10H19F3S/c11-10(12,13)8-6-4-2-1-3-5-7-9-14/h14H,1-9H2. The van der Waals surface area contributed by atoms with Crippen LogP contribution < -0.4 is 0 Å². The molecule has 14 heavy (non-hydrogen) atoms. The summed E-state index contributed by atoms with van der Waals surface area (Å²) in [5.41, 5.74) is 0. The highest BCUT2D eigenvalue weighted by atomic mass is 32.1. The molecule has 0 aliphatic carbocycles. The number of hydrogen-bond donors (Lipinski definition) is 1. The van der Waals surface area contributed by atoms with Gasteiger partial charge in [-0.05, 0) is 18.6 Å². The van der Waals surface area contributed by atoms with E-state index in [2.05, 4.69) is 12.6 Å². The molecule has 0 amide bonds. The van der Waals surface area contributed by atoms with E-state index in [1.54, 1.807) is 0 Å². The van der Waals surface area contributed by atoms with E-state index in [0.717, 1.165) is 37.9 Å². The number of alkyl halides is 3. The molecule has 0 atom stereocenters. The fourth-order valence-corrected chi connectivity index (χ4v) is 1.54. The highest BCUT2D eigenvalue weighted by Gasteiger charge is 2.25. The van der Waals surface area contributed by atoms with E-state index >= 15 is 0 Å². The number of rotatable bonds is 8. The Morgan fingerprint density at radius 2 is 1.14 bits per heavy atom. The van der Waals surface area contributed by atoms with Crippen molar-refractivity contribution in [1.82, 2.24) is 0 Å². The second-order valence-corrected chi connectivity index (χ2v) is 4.01. The summed E-state index contributed by atoms with van der Waals surface area (Å²) in [6.45, 7) is 0. The lowest BCUT2D eigenvalue weighted by Gasteiger charge is -2.05. The van der Waals surface area contributed by atoms with E-state index in [-0.39, 0.29) is 6.42 Å². The predicted octanol–water partition coefficient (Wildman–Crippen LogP) is 4.60. The van der Waals surface area contributed by atoms with Crippen LogP contribution in [0.15, 0.2) is 0 Å². The molecule has 0 aliphatic heterocycles. The molecule has 0 N–H and O–H groups in total. The monoisotopic (exact) mass is 228 g/mol. The summed E-state index contributed by atoms with van der Waals surface area (Å²) in [7, 11) is 0. The molecule has 0 aliphatic rings. The summed E-state index contributed by atoms with van der Waals surface area (Å²) >= 11 is 4.09. The van der Waals surface area contributed by atoms with Crippen molar-refractivity contribution in [3.05, 3.63) is 0 Å². The number of unbranched alkanes of at least 4 members (excludes halogenated alkanes) is 6. The lowest BCUT2D eigenvalue weighted by molar-refractivity contribution is -0.135. The molecular formula is C10H19F3S. The first-order chi connectivity index (χ1) is 6.56. The third-order valence-electron chi connectivity index (χ3n) is 2.12. The normalized spacial score (nSPS) is 12.0. The van der Waals surface area contributed by atoms with E-state index in [9.17, 15) is 13.2 Å². The average molecular weight is 228 g/mol. The van der Waals surface area contributed by atoms with Crippen molar-refractivity contribution in [3.8, 4) is 0 Å². The molecule has 0 spiro atoms. The van der Waals surface area contributed by atoms with Crippen LogP contribution >= 0.6 is 12.6 Å². The van der Waals surface area contributed by atoms with Gasteiger partial charge in [0.1, 0.15) is 0 Å². The maximum Gasteiger partial charge on any atom is 0.389 e. The summed E-state index contributed by atoms with van der Waals surface area (Å²) in [5.74, 6) is 0.911. The maximum absolute atomic E-state index is 11.7. The smallest absolute Gasteiger partial charge is 0.179 e. The molecule has 86 valence electrons. The number of halogens is 3. The minimum absolute atomic E-state index is 0.288. The summed E-state index contributed by atoms with van der Waals surface area (Å²) in [4.78, 5) is 0. The third-order valence-corrected chi connectivity index (χ3v) is 2.43. The molecule has 0 nitrogen and oxygen atoms in total. The van der Waals surface area contributed by atoms with Crippen LogP contribution in [0.3, 0.4) is 0 Å². The Balaban J connectivity index is 2.99. The summed E-state index contributed by atoms with van der Waals surface area (Å²) in [5, 5.41) is 0. The molecule has 0 aromatic rings. The van der Waals surface area contributed by atoms with Gasteiger partial charge < -0.3 is 0 Å². The SMILES string of the molecule is FC(F)(F)CCCCCCCCCS. The largest absolute Gasteiger partial charge is 0.389 e. The van der Waals surface area contributed by atoms with Crippen LogP contribution in [0.2, 0.25) is 0 Å². The summed E-state index contributed by atoms with van der Waals surface area (Å²) in [6, 6.07) is 0. The molecule has 0 saturated carbocycles. The van der Waals surface area contributed by atoms with E-state index in [4.69, 9.17) is 0 Å². The van der Waals surface area contributed by atoms with Crippen LogP contribution in [0.5, 0.6) is 0 Å². The second-order valence-electron chi connectivity index (χ2n) is 3.56. The molecular weight excluding hydrogens is 209 g/mol. The van der Waals surface area contributed by atoms with Gasteiger partial charge in [0.15, 0.2) is 0 Å². The second kappa shape index (κ2) is 8.45. The van der Waals surface area contributed by atoms with Gasteiger partial charge >= 0.3 is 6.18 Å². The molecule has 0 bridgehead atoms. The quantitative estimate of drug-likeness (QED) is 0.455. The van der Waals surface area contributed by atoms with Crippen LogP contribution in [-0.4, -0.2) is 11.9 Å². The van der Waals surface area contributed by atoms with Gasteiger partial charge in [-0.3, -0.25) is 0 Å². The fourth-order valence-electron chi connectivity index (χ4n) is 1.32. The first kappa shape index (κ1) is 14.1. The van der Waals surface area contributed by atoms with Crippen LogP contribution in [0.4, 0.5) is 13.2 Å². The van der Waals surface area contributed by atoms with Crippen molar-refractivity contribution >= 4 is 12.6 Å². The molecule has 0 heterocycles. The lowest BCUT2D eigenvalue weighted by Crippen LogP contribution is -2.06. The maximum atomic E-state index is 11.7. The van der Waals surface area contributed by atoms with E-state index in [1.165, 1.54) is 0 Å². The van der Waals surface area contributed by atoms with Gasteiger partial charge in [-0.15, -0.1) is 0 Å². The van der Waals surface area contributed by atoms with Crippen LogP contribution in [0.25, 0.3) is 0 Å². The molecule has 0 aromatic heterocycles. The zero-order valence-corrected chi connectivity index (χ0v) is 9.34. The zero-order valence-electron chi connectivity index (χ0n) is 8.45. The van der Waals surface area contributed by atoms with Gasteiger partial charge in [-0.1, -0.05) is 32.1 Å². The Morgan fingerprint density at radius 1 is 0.714 bits per heavy atom. The lowest BCUT2D eigenvalue weighted by atomic mass is 10.1. The van der Waals surface area contributed by atoms with E-state index in [0.29, 0.717) is 6.42 Å². The minimum atomic E-state index is -3.97. The van der Waals surface area contributed by atoms with Gasteiger partial charge in [0.25, 0.3) is 0 Å². The first-order valence-electron chi connectivity index (χ1n) is 5.24. The molecule has 0 saturated heterocycles. The van der Waals surface area contributed by atoms with Crippen molar-refractivity contribution in [2.45, 2.75) is 57.5 Å². The molecule has 0 rings (SSSR count). The molecule has 0 fully saturated rings. The zero-order chi connectivity index (χ0) is 10.9. The average Bonchev–Trinajstić information content (AvgIpc) is 2.08. The molecule has 0 aromatic carbocycles. The molecule has 4 heteroatoms. The molecule has 0 radical (unpaired) electrons. The summed E-state index contributed by atoms with van der Waals surface area (Å²) < 4.78 is 35.2. The van der Waals surface area contributed by atoms with Gasteiger partial charge in [-0.2, -0.15) is 25.8 Å². The highest BCUT2D eigenvalue weighted by molar-refractivity contribution is 7.80. The Bertz CT molecular complexity index is 123. The van der Waals surface area contributed by atoms with Crippen molar-refractivity contribution in [3.63, 3.8) is 0 Å². The number of thiol groups is 1. The first-order valence-corrected chi connectivity index (χ1v) is 5.87. The Morgan fingerprint density at radius 3 is 1.57 bits per heavy atom. The van der Waals surface area contributed by atoms with E-state index < -0.39 is 12.6 Å². The Labute approximate surface area is 89.7 Å². The Hall–Kier alpha value is 0.140. The van der Waals surface area contributed by atoms with Crippen molar-refractivity contribution in [2.75, 3.05) is 5.75 Å². The van der Waals surface area contributed by atoms with Gasteiger partial charge in [-0.25, -0.2) is 0 Å². The highest BCUT2D eigenvalue weighted by Crippen LogP contribution is 2.23. The van der Waals surface area contributed by atoms with Gasteiger partial charge in [0.05, 0.1) is 0 Å².